The van der Waals surface area contributed by atoms with E-state index in [4.69, 9.17) is 0 Å². The Morgan fingerprint density at radius 2 is 2.04 bits per heavy atom. The maximum atomic E-state index is 12.5. The third-order valence-electron chi connectivity index (χ3n) is 3.35. The molecule has 2 heterocycles. The Morgan fingerprint density at radius 3 is 2.71 bits per heavy atom. The number of benzene rings is 1. The summed E-state index contributed by atoms with van der Waals surface area (Å²) in [5, 5.41) is 12.3. The van der Waals surface area contributed by atoms with E-state index in [-0.39, 0.29) is 11.2 Å². The fourth-order valence-corrected chi connectivity index (χ4v) is 5.03. The number of fused-ring (bicyclic) bond motifs is 1. The number of aromatic nitrogens is 3. The Balaban J connectivity index is 1.69. The van der Waals surface area contributed by atoms with Crippen molar-refractivity contribution in [2.24, 2.45) is 0 Å². The van der Waals surface area contributed by atoms with Gasteiger partial charge in [0.2, 0.25) is 11.0 Å². The average Bonchev–Trinajstić information content (AvgIpc) is 3.18. The number of hydrogen-bond acceptors (Lipinski definition) is 7. The molecule has 1 aromatic carbocycles. The van der Waals surface area contributed by atoms with Gasteiger partial charge in [-0.05, 0) is 18.6 Å². The van der Waals surface area contributed by atoms with E-state index in [9.17, 15) is 4.79 Å². The van der Waals surface area contributed by atoms with Crippen LogP contribution in [0, 0.1) is 0 Å². The van der Waals surface area contributed by atoms with E-state index in [1.54, 1.807) is 11.3 Å². The van der Waals surface area contributed by atoms with E-state index in [1.807, 2.05) is 31.2 Å². The maximum Gasteiger partial charge on any atom is 0.239 e. The largest absolute Gasteiger partial charge is 0.300 e. The van der Waals surface area contributed by atoms with Gasteiger partial charge in [-0.15, -0.1) is 21.5 Å². The number of amides is 1. The minimum absolute atomic E-state index is 0.0480. The smallest absolute Gasteiger partial charge is 0.239 e. The van der Waals surface area contributed by atoms with Crippen LogP contribution in [0.5, 0.6) is 0 Å². The number of nitrogens with zero attached hydrogens (tertiary/aromatic N) is 3. The Kier molecular flexibility index (Phi) is 5.47. The van der Waals surface area contributed by atoms with Gasteiger partial charge in [0.15, 0.2) is 4.34 Å². The lowest BCUT2D eigenvalue weighted by Gasteiger charge is -2.11. The highest BCUT2D eigenvalue weighted by Crippen LogP contribution is 2.33. The predicted molar refractivity (Wildman–Crippen MR) is 102 cm³/mol. The summed E-state index contributed by atoms with van der Waals surface area (Å²) in [6.07, 6.45) is 0.724. The average molecular weight is 379 g/mol. The molecule has 2 aromatic heterocycles. The molecule has 24 heavy (non-hydrogen) atoms. The zero-order valence-corrected chi connectivity index (χ0v) is 16.1. The van der Waals surface area contributed by atoms with Crippen molar-refractivity contribution in [1.82, 2.24) is 15.2 Å². The first-order valence-electron chi connectivity index (χ1n) is 7.73. The molecule has 0 fully saturated rings. The third-order valence-corrected chi connectivity index (χ3v) is 6.98. The molecule has 0 aliphatic carbocycles. The van der Waals surface area contributed by atoms with E-state index < -0.39 is 0 Å². The molecule has 126 valence electrons. The van der Waals surface area contributed by atoms with Crippen LogP contribution in [0.25, 0.3) is 10.2 Å². The molecule has 3 rings (SSSR count). The second-order valence-corrected chi connectivity index (χ2v) is 9.04. The lowest BCUT2D eigenvalue weighted by molar-refractivity contribution is -0.115. The van der Waals surface area contributed by atoms with Gasteiger partial charge in [-0.3, -0.25) is 10.1 Å². The minimum atomic E-state index is -0.197. The summed E-state index contributed by atoms with van der Waals surface area (Å²) in [6, 6.07) is 8.02. The second-order valence-electron chi connectivity index (χ2n) is 5.55. The molecule has 0 spiro atoms. The lowest BCUT2D eigenvalue weighted by atomic mass is 10.2. The number of rotatable bonds is 6. The van der Waals surface area contributed by atoms with Crippen molar-refractivity contribution in [2.45, 2.75) is 42.7 Å². The standard InChI is InChI=1S/C16H18N4OS3/c1-4-11(13(21)18-15-20-19-14(24-15)9(2)3)22-16-17-10-7-5-6-8-12(10)23-16/h5-9,11H,4H2,1-3H3,(H,18,20,21)/t11-/m0/s1. The number of anilines is 1. The molecule has 0 aliphatic heterocycles. The van der Waals surface area contributed by atoms with Gasteiger partial charge in [-0.1, -0.05) is 56.0 Å². The van der Waals surface area contributed by atoms with Crippen LogP contribution in [0.4, 0.5) is 5.13 Å². The van der Waals surface area contributed by atoms with Gasteiger partial charge in [0.05, 0.1) is 15.5 Å². The Hall–Kier alpha value is -1.51. The summed E-state index contributed by atoms with van der Waals surface area (Å²) < 4.78 is 2.05. The van der Waals surface area contributed by atoms with Crippen LogP contribution < -0.4 is 5.32 Å². The van der Waals surface area contributed by atoms with Crippen LogP contribution in [0.3, 0.4) is 0 Å². The summed E-state index contributed by atoms with van der Waals surface area (Å²) in [5.74, 6) is 0.264. The van der Waals surface area contributed by atoms with Crippen molar-refractivity contribution in [2.75, 3.05) is 5.32 Å². The predicted octanol–water partition coefficient (Wildman–Crippen LogP) is 4.78. The van der Waals surface area contributed by atoms with Crippen molar-refractivity contribution >= 4 is 55.7 Å². The highest BCUT2D eigenvalue weighted by atomic mass is 32.2. The topological polar surface area (TPSA) is 67.8 Å². The molecule has 0 saturated heterocycles. The summed E-state index contributed by atoms with van der Waals surface area (Å²) in [5.41, 5.74) is 0.978. The van der Waals surface area contributed by atoms with Gasteiger partial charge in [0, 0.05) is 5.92 Å². The first kappa shape index (κ1) is 17.3. The van der Waals surface area contributed by atoms with Crippen LogP contribution in [0.1, 0.15) is 38.1 Å². The number of thiazole rings is 1. The Morgan fingerprint density at radius 1 is 1.25 bits per heavy atom. The van der Waals surface area contributed by atoms with E-state index in [1.165, 1.54) is 23.1 Å². The Labute approximate surface area is 152 Å². The van der Waals surface area contributed by atoms with Crippen molar-refractivity contribution < 1.29 is 4.79 Å². The zero-order chi connectivity index (χ0) is 17.1. The monoisotopic (exact) mass is 378 g/mol. The summed E-state index contributed by atoms with van der Waals surface area (Å²) in [4.78, 5) is 17.1. The van der Waals surface area contributed by atoms with Gasteiger partial charge in [-0.2, -0.15) is 0 Å². The number of carbonyl (C=O) groups is 1. The fourth-order valence-electron chi connectivity index (χ4n) is 2.05. The molecule has 5 nitrogen and oxygen atoms in total. The van der Waals surface area contributed by atoms with Crippen LogP contribution in [0.15, 0.2) is 28.6 Å². The molecule has 0 saturated carbocycles. The third kappa shape index (κ3) is 3.93. The van der Waals surface area contributed by atoms with E-state index in [2.05, 4.69) is 34.3 Å². The molecule has 3 aromatic rings. The molecule has 0 radical (unpaired) electrons. The van der Waals surface area contributed by atoms with Crippen molar-refractivity contribution in [3.8, 4) is 0 Å². The second kappa shape index (κ2) is 7.58. The van der Waals surface area contributed by atoms with E-state index in [0.29, 0.717) is 11.0 Å². The molecule has 0 bridgehead atoms. The van der Waals surface area contributed by atoms with Crippen LogP contribution >= 0.6 is 34.4 Å². The molecule has 0 unspecified atom stereocenters. The highest BCUT2D eigenvalue weighted by Gasteiger charge is 2.21. The molecular formula is C16H18N4OS3. The molecule has 1 amide bonds. The van der Waals surface area contributed by atoms with Gasteiger partial charge in [0.25, 0.3) is 0 Å². The van der Waals surface area contributed by atoms with Crippen LogP contribution in [-0.4, -0.2) is 26.3 Å². The maximum absolute atomic E-state index is 12.5. The summed E-state index contributed by atoms with van der Waals surface area (Å²) >= 11 is 4.56. The van der Waals surface area contributed by atoms with E-state index >= 15 is 0 Å². The van der Waals surface area contributed by atoms with Crippen LogP contribution in [-0.2, 0) is 4.79 Å². The normalized spacial score (nSPS) is 12.7. The van der Waals surface area contributed by atoms with E-state index in [0.717, 1.165) is 26.0 Å². The summed E-state index contributed by atoms with van der Waals surface area (Å²) in [6.45, 7) is 6.12. The first-order chi connectivity index (χ1) is 11.6. The highest BCUT2D eigenvalue weighted by molar-refractivity contribution is 8.02. The van der Waals surface area contributed by atoms with Crippen molar-refractivity contribution in [3.63, 3.8) is 0 Å². The number of hydrogen-bond donors (Lipinski definition) is 1. The minimum Gasteiger partial charge on any atom is -0.300 e. The van der Waals surface area contributed by atoms with Crippen molar-refractivity contribution in [1.29, 1.82) is 0 Å². The molecule has 1 atom stereocenters. The number of thioether (sulfide) groups is 1. The van der Waals surface area contributed by atoms with Crippen LogP contribution in [0.2, 0.25) is 0 Å². The molecule has 0 aliphatic rings. The zero-order valence-electron chi connectivity index (χ0n) is 13.6. The summed E-state index contributed by atoms with van der Waals surface area (Å²) in [7, 11) is 0. The quantitative estimate of drug-likeness (QED) is 0.625. The molecular weight excluding hydrogens is 360 g/mol. The molecule has 1 N–H and O–H groups in total. The van der Waals surface area contributed by atoms with Crippen molar-refractivity contribution in [3.05, 3.63) is 29.3 Å². The number of para-hydroxylation sites is 1. The SMILES string of the molecule is CC[C@H](Sc1nc2ccccc2s1)C(=O)Nc1nnc(C(C)C)s1. The van der Waals surface area contributed by atoms with Gasteiger partial charge >= 0.3 is 0 Å². The fraction of sp³-hybridized carbons (Fsp3) is 0.375. The molecule has 8 heteroatoms. The first-order valence-corrected chi connectivity index (χ1v) is 10.2. The number of nitrogens with one attached hydrogen (secondary N) is 1. The number of carbonyl (C=O) groups excluding carboxylic acids is 1. The van der Waals surface area contributed by atoms with Gasteiger partial charge in [-0.25, -0.2) is 4.98 Å². The lowest BCUT2D eigenvalue weighted by Crippen LogP contribution is -2.24. The Bertz CT molecular complexity index is 810. The van der Waals surface area contributed by atoms with Gasteiger partial charge < -0.3 is 0 Å². The van der Waals surface area contributed by atoms with Gasteiger partial charge in [0.1, 0.15) is 5.01 Å².